The van der Waals surface area contributed by atoms with Crippen molar-refractivity contribution >= 4 is 11.8 Å². The van der Waals surface area contributed by atoms with Crippen LogP contribution in [0.5, 0.6) is 0 Å². The third-order valence-electron chi connectivity index (χ3n) is 4.08. The molecule has 0 saturated heterocycles. The first-order valence-corrected chi connectivity index (χ1v) is 8.74. The number of carbonyl (C=O) groups excluding carboxylic acids is 2. The molecular formula is C20H19FN4O3. The lowest BCUT2D eigenvalue weighted by Crippen LogP contribution is -2.40. The van der Waals surface area contributed by atoms with Gasteiger partial charge in [-0.25, -0.2) is 4.39 Å². The maximum Gasteiger partial charge on any atom is 0.276 e. The highest BCUT2D eigenvalue weighted by molar-refractivity contribution is 5.95. The van der Waals surface area contributed by atoms with Gasteiger partial charge in [0, 0.05) is 37.1 Å². The van der Waals surface area contributed by atoms with Crippen LogP contribution in [0.2, 0.25) is 0 Å². The highest BCUT2D eigenvalue weighted by atomic mass is 19.1. The van der Waals surface area contributed by atoms with Crippen molar-refractivity contribution in [2.24, 2.45) is 0 Å². The van der Waals surface area contributed by atoms with Crippen molar-refractivity contribution in [1.29, 1.82) is 0 Å². The Balaban J connectivity index is 1.59. The first-order chi connectivity index (χ1) is 13.6. The molecule has 0 aliphatic heterocycles. The average Bonchev–Trinajstić information content (AvgIpc) is 3.22. The average molecular weight is 382 g/mol. The fraction of sp³-hybridized carbons (Fsp3) is 0.200. The van der Waals surface area contributed by atoms with E-state index in [1.165, 1.54) is 23.1 Å². The Hall–Kier alpha value is -3.55. The summed E-state index contributed by atoms with van der Waals surface area (Å²) < 4.78 is 18.1. The van der Waals surface area contributed by atoms with Crippen LogP contribution in [0, 0.1) is 5.82 Å². The van der Waals surface area contributed by atoms with E-state index in [1.54, 1.807) is 43.6 Å². The van der Waals surface area contributed by atoms with Gasteiger partial charge in [0.15, 0.2) is 11.5 Å². The Bertz CT molecular complexity index is 942. The summed E-state index contributed by atoms with van der Waals surface area (Å²) in [7, 11) is 0. The third kappa shape index (κ3) is 4.79. The molecule has 28 heavy (non-hydrogen) atoms. The van der Waals surface area contributed by atoms with E-state index in [4.69, 9.17) is 4.52 Å². The first kappa shape index (κ1) is 19.2. The lowest BCUT2D eigenvalue weighted by atomic mass is 10.2. The van der Waals surface area contributed by atoms with Crippen molar-refractivity contribution in [3.8, 4) is 11.3 Å². The number of hydrogen-bond acceptors (Lipinski definition) is 5. The van der Waals surface area contributed by atoms with Crippen molar-refractivity contribution in [1.82, 2.24) is 20.4 Å². The van der Waals surface area contributed by atoms with Gasteiger partial charge in [-0.05, 0) is 36.8 Å². The molecule has 1 N–H and O–H groups in total. The molecule has 0 spiro atoms. The molecule has 3 rings (SSSR count). The number of amides is 2. The Labute approximate surface area is 161 Å². The van der Waals surface area contributed by atoms with E-state index in [0.29, 0.717) is 17.9 Å². The maximum absolute atomic E-state index is 12.9. The molecule has 1 aromatic carbocycles. The van der Waals surface area contributed by atoms with Crippen molar-refractivity contribution in [2.45, 2.75) is 13.5 Å². The second kappa shape index (κ2) is 8.90. The molecule has 0 saturated carbocycles. The van der Waals surface area contributed by atoms with Crippen LogP contribution >= 0.6 is 0 Å². The van der Waals surface area contributed by atoms with Crippen LogP contribution in [0.1, 0.15) is 23.0 Å². The van der Waals surface area contributed by atoms with Crippen LogP contribution in [0.3, 0.4) is 0 Å². The predicted octanol–water partition coefficient (Wildman–Crippen LogP) is 2.65. The SMILES string of the molecule is CCN(CC(=O)NCc1ccc(F)cc1)C(=O)c1cc(-c2cccnc2)on1. The zero-order chi connectivity index (χ0) is 19.9. The number of aromatic nitrogens is 2. The largest absolute Gasteiger partial charge is 0.355 e. The van der Waals surface area contributed by atoms with E-state index < -0.39 is 5.91 Å². The minimum atomic E-state index is -0.404. The van der Waals surface area contributed by atoms with Crippen LogP contribution in [-0.2, 0) is 11.3 Å². The van der Waals surface area contributed by atoms with Gasteiger partial charge in [0.2, 0.25) is 5.91 Å². The van der Waals surface area contributed by atoms with Crippen molar-refractivity contribution in [3.05, 3.63) is 71.9 Å². The molecule has 0 unspecified atom stereocenters. The van der Waals surface area contributed by atoms with Crippen molar-refractivity contribution in [2.75, 3.05) is 13.1 Å². The molecule has 0 bridgehead atoms. The summed E-state index contributed by atoms with van der Waals surface area (Å²) in [4.78, 5) is 30.2. The zero-order valence-corrected chi connectivity index (χ0v) is 15.3. The number of nitrogens with one attached hydrogen (secondary N) is 1. The molecule has 0 aliphatic rings. The van der Waals surface area contributed by atoms with Crippen LogP contribution in [0.4, 0.5) is 4.39 Å². The van der Waals surface area contributed by atoms with Gasteiger partial charge >= 0.3 is 0 Å². The van der Waals surface area contributed by atoms with Crippen LogP contribution < -0.4 is 5.32 Å². The lowest BCUT2D eigenvalue weighted by Gasteiger charge is -2.19. The van der Waals surface area contributed by atoms with Crippen LogP contribution in [0.25, 0.3) is 11.3 Å². The van der Waals surface area contributed by atoms with Crippen LogP contribution in [-0.4, -0.2) is 39.9 Å². The summed E-state index contributed by atoms with van der Waals surface area (Å²) in [5.74, 6) is -0.641. The monoisotopic (exact) mass is 382 g/mol. The van der Waals surface area contributed by atoms with E-state index in [2.05, 4.69) is 15.5 Å². The number of nitrogens with zero attached hydrogens (tertiary/aromatic N) is 3. The summed E-state index contributed by atoms with van der Waals surface area (Å²) in [6, 6.07) is 10.9. The molecule has 2 amide bonds. The molecule has 2 heterocycles. The predicted molar refractivity (Wildman–Crippen MR) is 99.6 cm³/mol. The topological polar surface area (TPSA) is 88.3 Å². The van der Waals surface area contributed by atoms with Gasteiger partial charge in [-0.15, -0.1) is 0 Å². The molecule has 0 atom stereocenters. The smallest absolute Gasteiger partial charge is 0.276 e. The van der Waals surface area contributed by atoms with Gasteiger partial charge in [0.05, 0.1) is 6.54 Å². The minimum absolute atomic E-state index is 0.118. The molecule has 3 aromatic rings. The van der Waals surface area contributed by atoms with Gasteiger partial charge in [-0.1, -0.05) is 17.3 Å². The highest BCUT2D eigenvalue weighted by Gasteiger charge is 2.21. The maximum atomic E-state index is 12.9. The summed E-state index contributed by atoms with van der Waals surface area (Å²) in [5, 5.41) is 6.52. The number of benzene rings is 1. The highest BCUT2D eigenvalue weighted by Crippen LogP contribution is 2.19. The van der Waals surface area contributed by atoms with E-state index in [-0.39, 0.29) is 30.5 Å². The van der Waals surface area contributed by atoms with Gasteiger partial charge in [-0.2, -0.15) is 0 Å². The number of carbonyl (C=O) groups is 2. The number of hydrogen-bond donors (Lipinski definition) is 1. The fourth-order valence-corrected chi connectivity index (χ4v) is 2.54. The molecule has 0 fully saturated rings. The summed E-state index contributed by atoms with van der Waals surface area (Å²) >= 11 is 0. The van der Waals surface area contributed by atoms with E-state index >= 15 is 0 Å². The van der Waals surface area contributed by atoms with Gasteiger partial charge in [0.25, 0.3) is 5.91 Å². The van der Waals surface area contributed by atoms with E-state index in [1.807, 2.05) is 0 Å². The van der Waals surface area contributed by atoms with E-state index in [9.17, 15) is 14.0 Å². The van der Waals surface area contributed by atoms with Gasteiger partial charge in [0.1, 0.15) is 5.82 Å². The Kier molecular flexibility index (Phi) is 6.11. The Morgan fingerprint density at radius 1 is 1.21 bits per heavy atom. The standard InChI is InChI=1S/C20H19FN4O3/c1-2-25(13-19(26)23-11-14-5-7-16(21)8-6-14)20(27)17-10-18(28-24-17)15-4-3-9-22-12-15/h3-10,12H,2,11,13H2,1H3,(H,23,26). The number of halogens is 1. The molecule has 8 heteroatoms. The molecule has 0 aliphatic carbocycles. The van der Waals surface area contributed by atoms with Gasteiger partial charge in [-0.3, -0.25) is 14.6 Å². The van der Waals surface area contributed by atoms with Gasteiger partial charge < -0.3 is 14.7 Å². The molecule has 0 radical (unpaired) electrons. The lowest BCUT2D eigenvalue weighted by molar-refractivity contribution is -0.121. The number of rotatable bonds is 7. The van der Waals surface area contributed by atoms with Crippen LogP contribution in [0.15, 0.2) is 59.4 Å². The Morgan fingerprint density at radius 2 is 2.00 bits per heavy atom. The van der Waals surface area contributed by atoms with E-state index in [0.717, 1.165) is 5.56 Å². The molecule has 144 valence electrons. The Morgan fingerprint density at radius 3 is 2.68 bits per heavy atom. The zero-order valence-electron chi connectivity index (χ0n) is 15.3. The van der Waals surface area contributed by atoms with Crippen molar-refractivity contribution in [3.63, 3.8) is 0 Å². The minimum Gasteiger partial charge on any atom is -0.355 e. The second-order valence-corrected chi connectivity index (χ2v) is 6.04. The number of pyridine rings is 1. The third-order valence-corrected chi connectivity index (χ3v) is 4.08. The molecular weight excluding hydrogens is 363 g/mol. The molecule has 7 nitrogen and oxygen atoms in total. The fourth-order valence-electron chi connectivity index (χ4n) is 2.54. The number of likely N-dealkylation sites (N-methyl/N-ethyl adjacent to an activating group) is 1. The molecule has 2 aromatic heterocycles. The quantitative estimate of drug-likeness (QED) is 0.679. The normalized spacial score (nSPS) is 10.5. The first-order valence-electron chi connectivity index (χ1n) is 8.74. The summed E-state index contributed by atoms with van der Waals surface area (Å²) in [5.41, 5.74) is 1.59. The second-order valence-electron chi connectivity index (χ2n) is 6.04. The summed E-state index contributed by atoms with van der Waals surface area (Å²) in [6.07, 6.45) is 3.24. The summed E-state index contributed by atoms with van der Waals surface area (Å²) in [6.45, 7) is 2.23. The van der Waals surface area contributed by atoms with Crippen molar-refractivity contribution < 1.29 is 18.5 Å².